The Morgan fingerprint density at radius 3 is 2.50 bits per heavy atom. The van der Waals surface area contributed by atoms with E-state index in [0.29, 0.717) is 33.2 Å². The molecule has 32 heavy (non-hydrogen) atoms. The van der Waals surface area contributed by atoms with Crippen molar-refractivity contribution in [3.63, 3.8) is 0 Å². The van der Waals surface area contributed by atoms with Crippen molar-refractivity contribution in [3.05, 3.63) is 71.3 Å². The fourth-order valence-corrected chi connectivity index (χ4v) is 4.19. The number of nitrogens with zero attached hydrogens (tertiary/aromatic N) is 4. The van der Waals surface area contributed by atoms with Crippen LogP contribution in [0.5, 0.6) is 0 Å². The van der Waals surface area contributed by atoms with Gasteiger partial charge in [-0.1, -0.05) is 35.9 Å². The Bertz CT molecular complexity index is 1260. The van der Waals surface area contributed by atoms with Gasteiger partial charge in [0.05, 0.1) is 11.3 Å². The van der Waals surface area contributed by atoms with Gasteiger partial charge in [0.1, 0.15) is 12.2 Å². The maximum atomic E-state index is 13.0. The van der Waals surface area contributed by atoms with Crippen molar-refractivity contribution in [1.82, 2.24) is 14.9 Å². The summed E-state index contributed by atoms with van der Waals surface area (Å²) in [6, 6.07) is 11.6. The minimum Gasteiger partial charge on any atom is -0.368 e. The first-order valence-corrected chi connectivity index (χ1v) is 11.4. The average Bonchev–Trinajstić information content (AvgIpc) is 2.75. The van der Waals surface area contributed by atoms with Crippen LogP contribution in [-0.4, -0.2) is 49.6 Å². The lowest BCUT2D eigenvalue weighted by Crippen LogP contribution is -2.15. The van der Waals surface area contributed by atoms with Gasteiger partial charge in [-0.3, -0.25) is 4.79 Å². The zero-order valence-corrected chi connectivity index (χ0v) is 19.4. The Hall–Kier alpha value is -3.30. The number of aryl methyl sites for hydroxylation is 1. The van der Waals surface area contributed by atoms with Gasteiger partial charge in [-0.25, -0.2) is 9.97 Å². The number of hydrogen-bond donors (Lipinski definition) is 1. The van der Waals surface area contributed by atoms with Gasteiger partial charge in [-0.05, 0) is 30.7 Å². The number of hydrogen-bond acceptors (Lipinski definition) is 5. The van der Waals surface area contributed by atoms with Crippen LogP contribution >= 0.6 is 11.6 Å². The first kappa shape index (κ1) is 23.4. The SMILES string of the molecule is Cc1ncc(-c2ccc(NC(=O)Cc3ccccc3Cl)cc2S(=O)(=O)/N=C/N(C)C)cn1. The van der Waals surface area contributed by atoms with E-state index >= 15 is 0 Å². The average molecular weight is 472 g/mol. The van der Waals surface area contributed by atoms with E-state index in [-0.39, 0.29) is 17.2 Å². The molecule has 8 nitrogen and oxygen atoms in total. The van der Waals surface area contributed by atoms with Crippen molar-refractivity contribution in [3.8, 4) is 11.1 Å². The molecule has 3 aromatic rings. The second-order valence-electron chi connectivity index (χ2n) is 7.21. The molecule has 1 amide bonds. The monoisotopic (exact) mass is 471 g/mol. The first-order chi connectivity index (χ1) is 15.2. The standard InChI is InChI=1S/C22H22ClN5O3S/c1-15-24-12-17(13-25-15)19-9-8-18(11-21(19)32(30,31)26-14-28(2)3)27-22(29)10-16-6-4-5-7-20(16)23/h4-9,11-14H,10H2,1-3H3,(H,27,29)/b26-14+. The molecule has 0 fully saturated rings. The first-order valence-electron chi connectivity index (χ1n) is 9.59. The summed E-state index contributed by atoms with van der Waals surface area (Å²) < 4.78 is 29.7. The Labute approximate surface area is 192 Å². The van der Waals surface area contributed by atoms with E-state index in [1.807, 2.05) is 0 Å². The molecule has 10 heteroatoms. The number of benzene rings is 2. The van der Waals surface area contributed by atoms with Crippen LogP contribution in [0.25, 0.3) is 11.1 Å². The molecule has 1 aromatic heterocycles. The lowest BCUT2D eigenvalue weighted by molar-refractivity contribution is -0.115. The number of carbonyl (C=O) groups is 1. The number of rotatable bonds is 7. The molecule has 0 aliphatic rings. The van der Waals surface area contributed by atoms with E-state index in [9.17, 15) is 13.2 Å². The van der Waals surface area contributed by atoms with Crippen LogP contribution in [0.3, 0.4) is 0 Å². The summed E-state index contributed by atoms with van der Waals surface area (Å²) in [4.78, 5) is 22.3. The van der Waals surface area contributed by atoms with Crippen LogP contribution < -0.4 is 5.32 Å². The predicted octanol–water partition coefficient (Wildman–Crippen LogP) is 3.57. The molecule has 0 saturated heterocycles. The summed E-state index contributed by atoms with van der Waals surface area (Å²) in [6.45, 7) is 1.74. The van der Waals surface area contributed by atoms with E-state index in [2.05, 4.69) is 19.7 Å². The van der Waals surface area contributed by atoms with Crippen molar-refractivity contribution in [2.75, 3.05) is 19.4 Å². The number of halogens is 1. The Balaban J connectivity index is 1.98. The molecular weight excluding hydrogens is 450 g/mol. The lowest BCUT2D eigenvalue weighted by atomic mass is 10.1. The molecule has 0 aliphatic heterocycles. The zero-order chi connectivity index (χ0) is 23.3. The highest BCUT2D eigenvalue weighted by Crippen LogP contribution is 2.31. The number of carbonyl (C=O) groups excluding carboxylic acids is 1. The molecule has 0 aliphatic carbocycles. The fraction of sp³-hybridized carbons (Fsp3) is 0.182. The highest BCUT2D eigenvalue weighted by atomic mass is 35.5. The molecule has 2 aromatic carbocycles. The van der Waals surface area contributed by atoms with Gasteiger partial charge in [0, 0.05) is 48.3 Å². The molecular formula is C22H22ClN5O3S. The van der Waals surface area contributed by atoms with E-state index in [4.69, 9.17) is 11.6 Å². The topological polar surface area (TPSA) is 105 Å². The molecule has 0 atom stereocenters. The van der Waals surface area contributed by atoms with Crippen molar-refractivity contribution in [2.45, 2.75) is 18.2 Å². The number of amides is 1. The fourth-order valence-electron chi connectivity index (χ4n) is 2.82. The predicted molar refractivity (Wildman–Crippen MR) is 125 cm³/mol. The smallest absolute Gasteiger partial charge is 0.284 e. The van der Waals surface area contributed by atoms with Crippen molar-refractivity contribution >= 4 is 39.6 Å². The molecule has 0 unspecified atom stereocenters. The molecule has 0 radical (unpaired) electrons. The van der Waals surface area contributed by atoms with E-state index in [1.54, 1.807) is 69.8 Å². The maximum Gasteiger partial charge on any atom is 0.284 e. The van der Waals surface area contributed by atoms with Crippen LogP contribution in [0.2, 0.25) is 5.02 Å². The zero-order valence-electron chi connectivity index (χ0n) is 17.8. The van der Waals surface area contributed by atoms with Gasteiger partial charge < -0.3 is 10.2 Å². The third-order valence-corrected chi connectivity index (χ3v) is 6.00. The van der Waals surface area contributed by atoms with E-state index < -0.39 is 10.0 Å². The normalized spacial score (nSPS) is 11.5. The van der Waals surface area contributed by atoms with E-state index in [0.717, 1.165) is 0 Å². The molecule has 1 heterocycles. The molecule has 0 saturated carbocycles. The van der Waals surface area contributed by atoms with Crippen LogP contribution in [0.15, 0.2) is 64.2 Å². The van der Waals surface area contributed by atoms with Crippen LogP contribution in [-0.2, 0) is 21.2 Å². The van der Waals surface area contributed by atoms with Crippen LogP contribution in [0.4, 0.5) is 5.69 Å². The molecule has 166 valence electrons. The van der Waals surface area contributed by atoms with Crippen LogP contribution in [0, 0.1) is 6.92 Å². The van der Waals surface area contributed by atoms with Crippen LogP contribution in [0.1, 0.15) is 11.4 Å². The second kappa shape index (κ2) is 9.88. The van der Waals surface area contributed by atoms with Gasteiger partial charge in [-0.2, -0.15) is 8.42 Å². The largest absolute Gasteiger partial charge is 0.368 e. The Morgan fingerprint density at radius 2 is 1.84 bits per heavy atom. The molecule has 1 N–H and O–H groups in total. The molecule has 0 bridgehead atoms. The quantitative estimate of drug-likeness (QED) is 0.417. The number of aromatic nitrogens is 2. The van der Waals surface area contributed by atoms with Crippen molar-refractivity contribution in [1.29, 1.82) is 0 Å². The number of anilines is 1. The third kappa shape index (κ3) is 5.89. The minimum absolute atomic E-state index is 0.0497. The summed E-state index contributed by atoms with van der Waals surface area (Å²) in [5.74, 6) is 0.233. The summed E-state index contributed by atoms with van der Waals surface area (Å²) in [5, 5.41) is 3.21. The lowest BCUT2D eigenvalue weighted by Gasteiger charge is -2.12. The highest BCUT2D eigenvalue weighted by Gasteiger charge is 2.20. The van der Waals surface area contributed by atoms with Gasteiger partial charge in [0.15, 0.2) is 0 Å². The number of nitrogens with one attached hydrogen (secondary N) is 1. The van der Waals surface area contributed by atoms with Gasteiger partial charge >= 0.3 is 0 Å². The Morgan fingerprint density at radius 1 is 1.16 bits per heavy atom. The van der Waals surface area contributed by atoms with Gasteiger partial charge in [-0.15, -0.1) is 4.40 Å². The summed E-state index contributed by atoms with van der Waals surface area (Å²) in [7, 11) is -0.737. The summed E-state index contributed by atoms with van der Waals surface area (Å²) in [5.41, 5.74) is 1.88. The van der Waals surface area contributed by atoms with Gasteiger partial charge in [0.2, 0.25) is 5.91 Å². The van der Waals surface area contributed by atoms with Gasteiger partial charge in [0.25, 0.3) is 10.0 Å². The Kier molecular flexibility index (Phi) is 7.22. The van der Waals surface area contributed by atoms with E-state index in [1.165, 1.54) is 17.3 Å². The molecule has 3 rings (SSSR count). The maximum absolute atomic E-state index is 13.0. The summed E-state index contributed by atoms with van der Waals surface area (Å²) >= 11 is 6.13. The molecule has 0 spiro atoms. The second-order valence-corrected chi connectivity index (χ2v) is 9.21. The van der Waals surface area contributed by atoms with Crippen molar-refractivity contribution < 1.29 is 13.2 Å². The highest BCUT2D eigenvalue weighted by molar-refractivity contribution is 7.90. The third-order valence-electron chi connectivity index (χ3n) is 4.36. The number of sulfonamides is 1. The summed E-state index contributed by atoms with van der Waals surface area (Å²) in [6.07, 6.45) is 4.34. The van der Waals surface area contributed by atoms with Crippen molar-refractivity contribution in [2.24, 2.45) is 4.40 Å². The minimum atomic E-state index is -4.07.